The van der Waals surface area contributed by atoms with Gasteiger partial charge in [-0.3, -0.25) is 0 Å². The van der Waals surface area contributed by atoms with Crippen LogP contribution in [0.5, 0.6) is 0 Å². The molecule has 0 fully saturated rings. The van der Waals surface area contributed by atoms with Crippen LogP contribution in [-0.4, -0.2) is 24.9 Å². The predicted octanol–water partition coefficient (Wildman–Crippen LogP) is 11.9. The van der Waals surface area contributed by atoms with Gasteiger partial charge in [-0.05, 0) is 42.5 Å². The van der Waals surface area contributed by atoms with Crippen LogP contribution in [0.1, 0.15) is 0 Å². The topological polar surface area (TPSA) is 90.7 Å². The van der Waals surface area contributed by atoms with Gasteiger partial charge in [-0.15, -0.1) is 0 Å². The maximum absolute atomic E-state index is 6.29. The minimum absolute atomic E-state index is 0.573. The Morgan fingerprint density at radius 3 is 1.76 bits per heavy atom. The minimum Gasteiger partial charge on any atom is -0.456 e. The molecule has 0 aliphatic carbocycles. The molecule has 11 rings (SSSR count). The van der Waals surface area contributed by atoms with Gasteiger partial charge in [0.05, 0.1) is 11.2 Å². The second-order valence-corrected chi connectivity index (χ2v) is 13.2. The van der Waals surface area contributed by atoms with Crippen molar-refractivity contribution in [2.24, 2.45) is 0 Å². The van der Waals surface area contributed by atoms with Gasteiger partial charge in [-0.1, -0.05) is 121 Å². The summed E-state index contributed by atoms with van der Waals surface area (Å²) in [6, 6.07) is 54.7. The fourth-order valence-corrected chi connectivity index (χ4v) is 7.43. The first-order valence-electron chi connectivity index (χ1n) is 17.8. The number of nitrogens with zero attached hydrogens (tertiary/aromatic N) is 5. The van der Waals surface area contributed by atoms with Gasteiger partial charge in [0.2, 0.25) is 5.89 Å². The Morgan fingerprint density at radius 1 is 0.333 bits per heavy atom. The van der Waals surface area contributed by atoms with Crippen LogP contribution in [-0.2, 0) is 0 Å². The van der Waals surface area contributed by atoms with E-state index in [0.717, 1.165) is 88.2 Å². The third-order valence-corrected chi connectivity index (χ3v) is 9.97. The lowest BCUT2D eigenvalue weighted by atomic mass is 9.98. The average molecular weight is 694 g/mol. The molecule has 4 heterocycles. The molecule has 252 valence electrons. The molecule has 7 heteroatoms. The Morgan fingerprint density at radius 2 is 0.963 bits per heavy atom. The lowest BCUT2D eigenvalue weighted by Gasteiger charge is -2.12. The van der Waals surface area contributed by atoms with Gasteiger partial charge in [-0.25, -0.2) is 24.9 Å². The van der Waals surface area contributed by atoms with Crippen LogP contribution in [0.4, 0.5) is 0 Å². The molecule has 0 saturated heterocycles. The number of oxazole rings is 1. The number of hydrogen-bond acceptors (Lipinski definition) is 7. The molecule has 0 unspecified atom stereocenters. The average Bonchev–Trinajstić information content (AvgIpc) is 3.86. The van der Waals surface area contributed by atoms with Crippen molar-refractivity contribution in [3.63, 3.8) is 0 Å². The first-order chi connectivity index (χ1) is 26.7. The van der Waals surface area contributed by atoms with E-state index in [1.165, 1.54) is 0 Å². The first-order valence-corrected chi connectivity index (χ1v) is 17.8. The Bertz CT molecular complexity index is 3210. The van der Waals surface area contributed by atoms with E-state index < -0.39 is 0 Å². The van der Waals surface area contributed by atoms with Crippen molar-refractivity contribution < 1.29 is 8.83 Å². The number of furan rings is 1. The van der Waals surface area contributed by atoms with Crippen LogP contribution in [0.15, 0.2) is 173 Å². The van der Waals surface area contributed by atoms with Crippen LogP contribution in [0.3, 0.4) is 0 Å². The highest BCUT2D eigenvalue weighted by atomic mass is 16.3. The van der Waals surface area contributed by atoms with Crippen molar-refractivity contribution in [2.45, 2.75) is 0 Å². The van der Waals surface area contributed by atoms with Crippen molar-refractivity contribution in [2.75, 3.05) is 0 Å². The Kier molecular flexibility index (Phi) is 6.72. The summed E-state index contributed by atoms with van der Waals surface area (Å²) in [4.78, 5) is 25.3. The number of fused-ring (bicyclic) bond motifs is 8. The Hall–Kier alpha value is -7.51. The number of pyridine rings is 1. The minimum atomic E-state index is 0.573. The fourth-order valence-electron chi connectivity index (χ4n) is 7.43. The molecule has 4 aromatic heterocycles. The monoisotopic (exact) mass is 693 g/mol. The number of para-hydroxylation sites is 2. The van der Waals surface area contributed by atoms with Crippen molar-refractivity contribution in [3.8, 4) is 56.9 Å². The summed E-state index contributed by atoms with van der Waals surface area (Å²) in [5.41, 5.74) is 9.46. The highest BCUT2D eigenvalue weighted by Gasteiger charge is 2.20. The van der Waals surface area contributed by atoms with Gasteiger partial charge < -0.3 is 8.83 Å². The molecule has 0 radical (unpaired) electrons. The summed E-state index contributed by atoms with van der Waals surface area (Å²) in [6.45, 7) is 0. The molecule has 11 aromatic rings. The highest BCUT2D eigenvalue weighted by Crippen LogP contribution is 2.40. The van der Waals surface area contributed by atoms with Crippen molar-refractivity contribution in [3.05, 3.63) is 164 Å². The SMILES string of the molecule is c1ccc(-c2nc(-c3ccc(-c4nc5ccccc5c5c4ccc4oc(-c6ccccc6)nc45)cc3)nc(-c3cccc4oc5ccccc5c34)n2)cc1. The third-order valence-electron chi connectivity index (χ3n) is 9.97. The van der Waals surface area contributed by atoms with Crippen LogP contribution < -0.4 is 0 Å². The van der Waals surface area contributed by atoms with Crippen LogP contribution in [0, 0.1) is 0 Å². The summed E-state index contributed by atoms with van der Waals surface area (Å²) >= 11 is 0. The van der Waals surface area contributed by atoms with Crippen LogP contribution in [0.25, 0.3) is 112 Å². The fraction of sp³-hybridized carbons (Fsp3) is 0. The molecule has 0 spiro atoms. The molecule has 7 aromatic carbocycles. The molecule has 0 saturated carbocycles. The highest BCUT2D eigenvalue weighted by molar-refractivity contribution is 6.20. The van der Waals surface area contributed by atoms with Gasteiger partial charge in [0, 0.05) is 54.7 Å². The molecule has 0 aliphatic rings. The Labute approximate surface area is 308 Å². The van der Waals surface area contributed by atoms with Crippen LogP contribution >= 0.6 is 0 Å². The first kappa shape index (κ1) is 30.1. The molecular weight excluding hydrogens is 667 g/mol. The summed E-state index contributed by atoms with van der Waals surface area (Å²) in [5, 5.41) is 5.03. The summed E-state index contributed by atoms with van der Waals surface area (Å²) < 4.78 is 12.5. The molecular formula is C47H27N5O2. The van der Waals surface area contributed by atoms with Gasteiger partial charge >= 0.3 is 0 Å². The van der Waals surface area contributed by atoms with E-state index in [2.05, 4.69) is 42.5 Å². The number of aromatic nitrogens is 5. The van der Waals surface area contributed by atoms with E-state index in [1.807, 2.05) is 121 Å². The van der Waals surface area contributed by atoms with E-state index in [4.69, 9.17) is 33.8 Å². The zero-order valence-corrected chi connectivity index (χ0v) is 28.6. The van der Waals surface area contributed by atoms with Gasteiger partial charge in [0.15, 0.2) is 23.1 Å². The quantitative estimate of drug-likeness (QED) is 0.166. The van der Waals surface area contributed by atoms with E-state index in [0.29, 0.717) is 23.4 Å². The largest absolute Gasteiger partial charge is 0.456 e. The summed E-state index contributed by atoms with van der Waals surface area (Å²) in [7, 11) is 0. The van der Waals surface area contributed by atoms with E-state index in [9.17, 15) is 0 Å². The van der Waals surface area contributed by atoms with Gasteiger partial charge in [-0.2, -0.15) is 0 Å². The van der Waals surface area contributed by atoms with E-state index >= 15 is 0 Å². The van der Waals surface area contributed by atoms with Crippen molar-refractivity contribution >= 4 is 54.7 Å². The molecule has 0 bridgehead atoms. The molecule has 0 amide bonds. The summed E-state index contributed by atoms with van der Waals surface area (Å²) in [5.74, 6) is 2.34. The third kappa shape index (κ3) is 4.87. The molecule has 0 N–H and O–H groups in total. The second kappa shape index (κ2) is 12.0. The lowest BCUT2D eigenvalue weighted by molar-refractivity contribution is 0.620. The van der Waals surface area contributed by atoms with Gasteiger partial charge in [0.1, 0.15) is 16.7 Å². The molecule has 0 aliphatic heterocycles. The smallest absolute Gasteiger partial charge is 0.227 e. The van der Waals surface area contributed by atoms with E-state index in [-0.39, 0.29) is 0 Å². The molecule has 0 atom stereocenters. The van der Waals surface area contributed by atoms with E-state index in [1.54, 1.807) is 0 Å². The number of benzene rings is 7. The second-order valence-electron chi connectivity index (χ2n) is 13.2. The lowest BCUT2D eigenvalue weighted by Crippen LogP contribution is -2.00. The zero-order chi connectivity index (χ0) is 35.6. The maximum atomic E-state index is 6.29. The maximum Gasteiger partial charge on any atom is 0.227 e. The standard InChI is InChI=1S/C47H27N5O2/c1-3-12-29(13-4-1)44-50-45(52-46(51-44)35-18-11-21-38-40(35)33-17-8-10-20-37(33)53-38)30-24-22-28(23-25-30)42-34-26-27-39-43(41(34)32-16-7-9-19-36(32)48-42)49-47(54-39)31-14-5-2-6-15-31/h1-27H. The van der Waals surface area contributed by atoms with Crippen LogP contribution in [0.2, 0.25) is 0 Å². The predicted molar refractivity (Wildman–Crippen MR) is 215 cm³/mol. The Balaban J connectivity index is 1.07. The van der Waals surface area contributed by atoms with Crippen molar-refractivity contribution in [1.29, 1.82) is 0 Å². The number of hydrogen-bond donors (Lipinski definition) is 0. The summed E-state index contributed by atoms with van der Waals surface area (Å²) in [6.07, 6.45) is 0. The van der Waals surface area contributed by atoms with Gasteiger partial charge in [0.25, 0.3) is 0 Å². The number of rotatable bonds is 5. The van der Waals surface area contributed by atoms with Crippen molar-refractivity contribution in [1.82, 2.24) is 24.9 Å². The normalized spacial score (nSPS) is 11.7. The molecule has 54 heavy (non-hydrogen) atoms. The zero-order valence-electron chi connectivity index (χ0n) is 28.6. The molecule has 7 nitrogen and oxygen atoms in total.